The molecule has 4 nitrogen and oxygen atoms in total. The number of likely N-dealkylation sites (tertiary alicyclic amines) is 1. The summed E-state index contributed by atoms with van der Waals surface area (Å²) in [6.45, 7) is 11.4. The predicted molar refractivity (Wildman–Crippen MR) is 98.0 cm³/mol. The number of piperazine rings is 1. The third kappa shape index (κ3) is 4.58. The molecule has 0 radical (unpaired) electrons. The second kappa shape index (κ2) is 8.13. The number of amides is 1. The van der Waals surface area contributed by atoms with E-state index < -0.39 is 0 Å². The summed E-state index contributed by atoms with van der Waals surface area (Å²) in [4.78, 5) is 19.4. The Labute approximate surface area is 146 Å². The van der Waals surface area contributed by atoms with Crippen molar-refractivity contribution in [1.29, 1.82) is 0 Å². The summed E-state index contributed by atoms with van der Waals surface area (Å²) in [7, 11) is 0. The van der Waals surface area contributed by atoms with Crippen molar-refractivity contribution in [1.82, 2.24) is 14.7 Å². The largest absolute Gasteiger partial charge is 0.340 e. The van der Waals surface area contributed by atoms with E-state index in [1.54, 1.807) is 0 Å². The summed E-state index contributed by atoms with van der Waals surface area (Å²) >= 11 is 0. The molecule has 24 heavy (non-hydrogen) atoms. The monoisotopic (exact) mass is 329 g/mol. The van der Waals surface area contributed by atoms with Crippen LogP contribution < -0.4 is 0 Å². The highest BCUT2D eigenvalue weighted by Crippen LogP contribution is 2.20. The van der Waals surface area contributed by atoms with Crippen molar-refractivity contribution in [2.24, 2.45) is 5.92 Å². The molecule has 1 aromatic carbocycles. The summed E-state index contributed by atoms with van der Waals surface area (Å²) in [6.07, 6.45) is 2.24. The molecule has 0 saturated carbocycles. The fourth-order valence-electron chi connectivity index (χ4n) is 3.90. The van der Waals surface area contributed by atoms with Crippen molar-refractivity contribution in [3.63, 3.8) is 0 Å². The highest BCUT2D eigenvalue weighted by atomic mass is 16.2. The van der Waals surface area contributed by atoms with Gasteiger partial charge in [0.2, 0.25) is 5.91 Å². The van der Waals surface area contributed by atoms with Gasteiger partial charge in [-0.15, -0.1) is 0 Å². The third-order valence-corrected chi connectivity index (χ3v) is 5.47. The first kappa shape index (κ1) is 17.4. The Kier molecular flexibility index (Phi) is 5.90. The molecule has 0 aromatic heterocycles. The van der Waals surface area contributed by atoms with E-state index in [9.17, 15) is 4.79 Å². The molecule has 1 atom stereocenters. The van der Waals surface area contributed by atoms with Crippen molar-refractivity contribution in [2.45, 2.75) is 32.7 Å². The average Bonchev–Trinajstić information content (AvgIpc) is 3.04. The Hall–Kier alpha value is -1.39. The zero-order chi connectivity index (χ0) is 16.9. The van der Waals surface area contributed by atoms with E-state index >= 15 is 0 Å². The zero-order valence-electron chi connectivity index (χ0n) is 15.2. The number of hydrogen-bond donors (Lipinski definition) is 0. The fraction of sp³-hybridized carbons (Fsp3) is 0.650. The van der Waals surface area contributed by atoms with Gasteiger partial charge in [-0.05, 0) is 44.7 Å². The van der Waals surface area contributed by atoms with Crippen LogP contribution in [-0.2, 0) is 11.2 Å². The molecular weight excluding hydrogens is 298 g/mol. The molecule has 4 heteroatoms. The average molecular weight is 329 g/mol. The van der Waals surface area contributed by atoms with E-state index in [1.165, 1.54) is 25.1 Å². The molecule has 2 saturated heterocycles. The Balaban J connectivity index is 1.41. The van der Waals surface area contributed by atoms with Crippen molar-refractivity contribution < 1.29 is 4.79 Å². The predicted octanol–water partition coefficient (Wildman–Crippen LogP) is 2.10. The molecule has 0 spiro atoms. The molecule has 0 N–H and O–H groups in total. The first-order chi connectivity index (χ1) is 11.6. The van der Waals surface area contributed by atoms with E-state index in [0.717, 1.165) is 38.5 Å². The third-order valence-electron chi connectivity index (χ3n) is 5.47. The van der Waals surface area contributed by atoms with E-state index in [0.29, 0.717) is 18.5 Å². The van der Waals surface area contributed by atoms with Crippen molar-refractivity contribution in [3.05, 3.63) is 35.9 Å². The van der Waals surface area contributed by atoms with Crippen LogP contribution in [0.15, 0.2) is 30.3 Å². The molecule has 3 rings (SSSR count). The van der Waals surface area contributed by atoms with Crippen LogP contribution in [0.2, 0.25) is 0 Å². The minimum Gasteiger partial charge on any atom is -0.340 e. The van der Waals surface area contributed by atoms with Gasteiger partial charge in [0.1, 0.15) is 0 Å². The van der Waals surface area contributed by atoms with Crippen LogP contribution in [0.3, 0.4) is 0 Å². The van der Waals surface area contributed by atoms with Crippen LogP contribution in [0.5, 0.6) is 0 Å². The van der Waals surface area contributed by atoms with Crippen molar-refractivity contribution >= 4 is 5.91 Å². The maximum absolute atomic E-state index is 12.4. The van der Waals surface area contributed by atoms with E-state index in [2.05, 4.69) is 47.9 Å². The highest BCUT2D eigenvalue weighted by Gasteiger charge is 2.29. The van der Waals surface area contributed by atoms with E-state index in [1.807, 2.05) is 11.0 Å². The minimum absolute atomic E-state index is 0.302. The maximum Gasteiger partial charge on any atom is 0.236 e. The van der Waals surface area contributed by atoms with Crippen LogP contribution in [0.1, 0.15) is 25.8 Å². The number of hydrogen-bond acceptors (Lipinski definition) is 3. The van der Waals surface area contributed by atoms with Crippen molar-refractivity contribution in [2.75, 3.05) is 45.8 Å². The lowest BCUT2D eigenvalue weighted by molar-refractivity contribution is -0.136. The summed E-state index contributed by atoms with van der Waals surface area (Å²) in [5.74, 6) is 1.03. The maximum atomic E-state index is 12.4. The second-order valence-electron chi connectivity index (χ2n) is 7.59. The standard InChI is InChI=1S/C20H31N3O/c1-17(2)23-11-9-19(15-23)14-21-12-13-22(20(24)16-21)10-8-18-6-4-3-5-7-18/h3-7,17,19H,8-16H2,1-2H3. The normalized spacial score (nSPS) is 23.4. The van der Waals surface area contributed by atoms with Gasteiger partial charge in [0, 0.05) is 38.8 Å². The number of nitrogens with zero attached hydrogens (tertiary/aromatic N) is 3. The van der Waals surface area contributed by atoms with Crippen LogP contribution in [-0.4, -0.2) is 72.5 Å². The minimum atomic E-state index is 0.302. The Morgan fingerprint density at radius 2 is 1.92 bits per heavy atom. The van der Waals surface area contributed by atoms with Crippen LogP contribution in [0.25, 0.3) is 0 Å². The van der Waals surface area contributed by atoms with Gasteiger partial charge in [-0.1, -0.05) is 30.3 Å². The summed E-state index contributed by atoms with van der Waals surface area (Å²) in [5.41, 5.74) is 1.31. The molecule has 1 aromatic rings. The van der Waals surface area contributed by atoms with Crippen LogP contribution in [0.4, 0.5) is 0 Å². The number of benzene rings is 1. The van der Waals surface area contributed by atoms with Gasteiger partial charge in [-0.3, -0.25) is 9.69 Å². The van der Waals surface area contributed by atoms with Crippen molar-refractivity contribution in [3.8, 4) is 0 Å². The lowest BCUT2D eigenvalue weighted by Gasteiger charge is -2.35. The quantitative estimate of drug-likeness (QED) is 0.800. The van der Waals surface area contributed by atoms with Gasteiger partial charge in [0.15, 0.2) is 0 Å². The molecule has 1 unspecified atom stereocenters. The summed E-state index contributed by atoms with van der Waals surface area (Å²) in [6, 6.07) is 11.1. The van der Waals surface area contributed by atoms with Gasteiger partial charge in [0.05, 0.1) is 6.54 Å². The molecule has 1 amide bonds. The van der Waals surface area contributed by atoms with Gasteiger partial charge in [-0.25, -0.2) is 0 Å². The highest BCUT2D eigenvalue weighted by molar-refractivity contribution is 5.79. The number of carbonyl (C=O) groups is 1. The first-order valence-electron chi connectivity index (χ1n) is 9.40. The Morgan fingerprint density at radius 3 is 2.58 bits per heavy atom. The molecule has 2 aliphatic rings. The first-order valence-corrected chi connectivity index (χ1v) is 9.40. The van der Waals surface area contributed by atoms with Gasteiger partial charge in [-0.2, -0.15) is 0 Å². The summed E-state index contributed by atoms with van der Waals surface area (Å²) in [5, 5.41) is 0. The van der Waals surface area contributed by atoms with E-state index in [-0.39, 0.29) is 0 Å². The Morgan fingerprint density at radius 1 is 1.12 bits per heavy atom. The van der Waals surface area contributed by atoms with Gasteiger partial charge < -0.3 is 9.80 Å². The number of rotatable bonds is 6. The molecule has 0 aliphatic carbocycles. The van der Waals surface area contributed by atoms with Crippen LogP contribution in [0, 0.1) is 5.92 Å². The lowest BCUT2D eigenvalue weighted by Crippen LogP contribution is -2.52. The van der Waals surface area contributed by atoms with Gasteiger partial charge in [0.25, 0.3) is 0 Å². The molecular formula is C20H31N3O. The molecule has 2 fully saturated rings. The topological polar surface area (TPSA) is 26.8 Å². The summed E-state index contributed by atoms with van der Waals surface area (Å²) < 4.78 is 0. The number of carbonyl (C=O) groups excluding carboxylic acids is 1. The Bertz CT molecular complexity index is 531. The molecule has 0 bridgehead atoms. The molecule has 2 heterocycles. The SMILES string of the molecule is CC(C)N1CCC(CN2CCN(CCc3ccccc3)C(=O)C2)C1. The molecule has 132 valence electrons. The van der Waals surface area contributed by atoms with Gasteiger partial charge >= 0.3 is 0 Å². The fourth-order valence-corrected chi connectivity index (χ4v) is 3.90. The van der Waals surface area contributed by atoms with Crippen LogP contribution >= 0.6 is 0 Å². The second-order valence-corrected chi connectivity index (χ2v) is 7.59. The smallest absolute Gasteiger partial charge is 0.236 e. The molecule has 2 aliphatic heterocycles. The van der Waals surface area contributed by atoms with E-state index in [4.69, 9.17) is 0 Å². The lowest BCUT2D eigenvalue weighted by atomic mass is 10.1. The zero-order valence-corrected chi connectivity index (χ0v) is 15.2.